The van der Waals surface area contributed by atoms with Crippen LogP contribution in [0.25, 0.3) is 0 Å². The van der Waals surface area contributed by atoms with Gasteiger partial charge in [-0.2, -0.15) is 0 Å². The Morgan fingerprint density at radius 3 is 1.58 bits per heavy atom. The number of rotatable bonds is 22. The molecule has 2 aliphatic rings. The predicted molar refractivity (Wildman–Crippen MR) is 182 cm³/mol. The van der Waals surface area contributed by atoms with E-state index in [-0.39, 0.29) is 8.89 Å². The number of hydrogen-bond acceptors (Lipinski definition) is 10. The molecule has 0 N–H and O–H groups in total. The van der Waals surface area contributed by atoms with E-state index in [1.54, 1.807) is 10.8 Å². The van der Waals surface area contributed by atoms with Crippen molar-refractivity contribution in [1.29, 1.82) is 0 Å². The fourth-order valence-electron chi connectivity index (χ4n) is 4.81. The van der Waals surface area contributed by atoms with Crippen molar-refractivity contribution in [3.05, 3.63) is 0 Å². The van der Waals surface area contributed by atoms with Gasteiger partial charge in [0.1, 0.15) is 0 Å². The van der Waals surface area contributed by atoms with Gasteiger partial charge in [0.05, 0.1) is 0 Å². The molecule has 38 heavy (non-hydrogen) atoms. The molecule has 1 unspecified atom stereocenters. The molecule has 2 aliphatic heterocycles. The first-order valence-electron chi connectivity index (χ1n) is 15.2. The van der Waals surface area contributed by atoms with E-state index >= 15 is 0 Å². The van der Waals surface area contributed by atoms with Gasteiger partial charge in [-0.05, 0) is 66.5 Å². The van der Waals surface area contributed by atoms with Crippen LogP contribution in [0.5, 0.6) is 0 Å². The number of nitrogens with zero attached hydrogens (tertiary/aromatic N) is 2. The zero-order valence-corrected chi connectivity index (χ0v) is 28.6. The Kier molecular flexibility index (Phi) is 23.3. The molecule has 2 saturated heterocycles. The van der Waals surface area contributed by atoms with Crippen LogP contribution in [0.1, 0.15) is 129 Å². The van der Waals surface area contributed by atoms with Gasteiger partial charge in [0.15, 0.2) is 0 Å². The number of carbonyl (C=O) groups excluding carboxylic acids is 2. The molecule has 0 amide bonds. The summed E-state index contributed by atoms with van der Waals surface area (Å²) in [6, 6.07) is 0. The highest BCUT2D eigenvalue weighted by Gasteiger charge is 2.19. The molecule has 0 aliphatic carbocycles. The molecule has 0 spiro atoms. The molecule has 10 heteroatoms. The normalized spacial score (nSPS) is 17.4. The summed E-state index contributed by atoms with van der Waals surface area (Å²) >= 11 is 2.87. The summed E-state index contributed by atoms with van der Waals surface area (Å²) < 4.78 is 4.97. The second-order valence-electron chi connectivity index (χ2n) is 10.5. The molecule has 222 valence electrons. The van der Waals surface area contributed by atoms with Gasteiger partial charge in [-0.1, -0.05) is 106 Å². The van der Waals surface area contributed by atoms with Crippen molar-refractivity contribution in [3.63, 3.8) is 0 Å². The van der Waals surface area contributed by atoms with E-state index in [1.165, 1.54) is 167 Å². The second-order valence-corrected chi connectivity index (χ2v) is 18.0. The third-order valence-corrected chi connectivity index (χ3v) is 14.7. The van der Waals surface area contributed by atoms with E-state index in [1.807, 2.05) is 10.8 Å². The summed E-state index contributed by atoms with van der Waals surface area (Å²) in [5.41, 5.74) is 0. The van der Waals surface area contributed by atoms with Crippen molar-refractivity contribution in [2.24, 2.45) is 0 Å². The van der Waals surface area contributed by atoms with Crippen molar-refractivity contribution in [1.82, 2.24) is 8.61 Å². The fourth-order valence-corrected chi connectivity index (χ4v) is 11.7. The fraction of sp³-hybridized carbons (Fsp3) is 0.929. The van der Waals surface area contributed by atoms with E-state index < -0.39 is 0 Å². The van der Waals surface area contributed by atoms with Crippen LogP contribution in [0.4, 0.5) is 9.59 Å². The quantitative estimate of drug-likeness (QED) is 0.0648. The Bertz CT molecular complexity index is 604. The summed E-state index contributed by atoms with van der Waals surface area (Å²) in [7, 11) is 6.53. The molecule has 0 aromatic heterocycles. The third-order valence-electron chi connectivity index (χ3n) is 7.05. The molecule has 2 heterocycles. The lowest BCUT2D eigenvalue weighted by molar-refractivity contribution is 0.275. The zero-order valence-electron chi connectivity index (χ0n) is 23.7. The number of unbranched alkanes of at least 4 members (excludes halogenated alkanes) is 11. The van der Waals surface area contributed by atoms with E-state index in [9.17, 15) is 9.59 Å². The topological polar surface area (TPSA) is 40.6 Å². The predicted octanol–water partition coefficient (Wildman–Crippen LogP) is 11.7. The van der Waals surface area contributed by atoms with Crippen LogP contribution in [0, 0.1) is 0 Å². The van der Waals surface area contributed by atoms with Gasteiger partial charge in [0, 0.05) is 61.1 Å². The number of hydrogen-bond donors (Lipinski definition) is 0. The van der Waals surface area contributed by atoms with Crippen molar-refractivity contribution < 1.29 is 9.59 Å². The van der Waals surface area contributed by atoms with Gasteiger partial charge in [0.25, 0.3) is 8.89 Å². The molecule has 0 aromatic rings. The van der Waals surface area contributed by atoms with Crippen LogP contribution in [0.2, 0.25) is 0 Å². The molecule has 0 saturated carbocycles. The molecular weight excluding hydrogens is 589 g/mol. The highest BCUT2D eigenvalue weighted by molar-refractivity contribution is 8.86. The first-order valence-corrected chi connectivity index (χ1v) is 21.3. The minimum atomic E-state index is 0.248. The Balaban J connectivity index is 1.46. The lowest BCUT2D eigenvalue weighted by atomic mass is 10.0. The maximum Gasteiger partial charge on any atom is 0.271 e. The van der Waals surface area contributed by atoms with E-state index in [0.717, 1.165) is 31.9 Å². The van der Waals surface area contributed by atoms with Gasteiger partial charge >= 0.3 is 0 Å². The lowest BCUT2D eigenvalue weighted by Gasteiger charge is -2.16. The molecule has 2 rings (SSSR count). The monoisotopic (exact) mass is 640 g/mol. The third kappa shape index (κ3) is 19.5. The molecule has 0 aromatic carbocycles. The van der Waals surface area contributed by atoms with E-state index in [0.29, 0.717) is 5.25 Å². The lowest BCUT2D eigenvalue weighted by Crippen LogP contribution is -2.11. The molecule has 2 fully saturated rings. The van der Waals surface area contributed by atoms with E-state index in [2.05, 4.69) is 15.5 Å². The van der Waals surface area contributed by atoms with Gasteiger partial charge < -0.3 is 0 Å². The average molecular weight is 641 g/mol. The Labute approximate surface area is 258 Å². The van der Waals surface area contributed by atoms with Gasteiger partial charge in [0.2, 0.25) is 0 Å². The second kappa shape index (κ2) is 24.9. The minimum absolute atomic E-state index is 0.248. The summed E-state index contributed by atoms with van der Waals surface area (Å²) in [6.45, 7) is 6.55. The van der Waals surface area contributed by atoms with Crippen molar-refractivity contribution in [2.75, 3.05) is 31.9 Å². The van der Waals surface area contributed by atoms with Crippen LogP contribution < -0.4 is 0 Å². The van der Waals surface area contributed by atoms with Gasteiger partial charge in [-0.25, -0.2) is 8.61 Å². The average Bonchev–Trinajstić information content (AvgIpc) is 3.62. The van der Waals surface area contributed by atoms with Crippen LogP contribution >= 0.6 is 67.1 Å². The van der Waals surface area contributed by atoms with Gasteiger partial charge in [-0.15, -0.1) is 0 Å². The Hall–Kier alpha value is 1.36. The van der Waals surface area contributed by atoms with Crippen LogP contribution in [0.15, 0.2) is 0 Å². The van der Waals surface area contributed by atoms with Crippen molar-refractivity contribution in [3.8, 4) is 0 Å². The molecule has 0 bridgehead atoms. The minimum Gasteiger partial charge on any atom is -0.272 e. The van der Waals surface area contributed by atoms with Crippen LogP contribution in [-0.2, 0) is 0 Å². The van der Waals surface area contributed by atoms with Gasteiger partial charge in [-0.3, -0.25) is 9.59 Å². The Morgan fingerprint density at radius 2 is 1.05 bits per heavy atom. The zero-order chi connectivity index (χ0) is 27.1. The van der Waals surface area contributed by atoms with E-state index in [4.69, 9.17) is 0 Å². The van der Waals surface area contributed by atoms with Crippen LogP contribution in [-0.4, -0.2) is 54.7 Å². The molecule has 1 atom stereocenters. The smallest absolute Gasteiger partial charge is 0.271 e. The summed E-state index contributed by atoms with van der Waals surface area (Å²) in [4.78, 5) is 24.4. The maximum absolute atomic E-state index is 12.4. The first-order chi connectivity index (χ1) is 18.7. The van der Waals surface area contributed by atoms with Crippen molar-refractivity contribution >= 4 is 76.0 Å². The highest BCUT2D eigenvalue weighted by atomic mass is 33.1. The Morgan fingerprint density at radius 1 is 0.605 bits per heavy atom. The molecular formula is C28H52N2O2S6. The SMILES string of the molecule is CCCCCCCCC(CCCCCCCCCSSC(=O)SN1CCCC1)SSC(=O)SN1CCCC1. The summed E-state index contributed by atoms with van der Waals surface area (Å²) in [5, 5.41) is 0.621. The standard InChI is InChI=1S/C28H52N2O2S6/c1-2-3-4-5-9-12-19-26(36-38-28(32)35-30-23-16-17-24-30)20-13-10-7-6-8-11-18-25-33-37-27(31)34-29-21-14-15-22-29/h26H,2-25H2,1H3. The largest absolute Gasteiger partial charge is 0.272 e. The number of carbonyl (C=O) groups is 2. The van der Waals surface area contributed by atoms with Crippen LogP contribution in [0.3, 0.4) is 0 Å². The highest BCUT2D eigenvalue weighted by Crippen LogP contribution is 2.38. The molecule has 0 radical (unpaired) electrons. The summed E-state index contributed by atoms with van der Waals surface area (Å²) in [5.74, 6) is 1.08. The maximum atomic E-state index is 12.4. The summed E-state index contributed by atoms with van der Waals surface area (Å²) in [6.07, 6.45) is 24.6. The van der Waals surface area contributed by atoms with Crippen molar-refractivity contribution in [2.45, 2.75) is 134 Å². The first kappa shape index (κ1) is 35.6. The molecule has 4 nitrogen and oxygen atoms in total.